The number of hydrogen-bond acceptors (Lipinski definition) is 5. The number of hydrogen-bond donors (Lipinski definition) is 2. The van der Waals surface area contributed by atoms with Crippen molar-refractivity contribution >= 4 is 28.2 Å². The monoisotopic (exact) mass is 352 g/mol. The lowest BCUT2D eigenvalue weighted by atomic mass is 9.88. The van der Waals surface area contributed by atoms with E-state index in [4.69, 9.17) is 4.74 Å². The summed E-state index contributed by atoms with van der Waals surface area (Å²) in [7, 11) is 0. The summed E-state index contributed by atoms with van der Waals surface area (Å²) < 4.78 is 5.22. The van der Waals surface area contributed by atoms with Gasteiger partial charge >= 0.3 is 5.97 Å². The molecule has 1 amide bonds. The molecule has 1 aromatic rings. The van der Waals surface area contributed by atoms with Gasteiger partial charge in [-0.25, -0.2) is 4.79 Å². The Morgan fingerprint density at radius 1 is 1.38 bits per heavy atom. The van der Waals surface area contributed by atoms with Crippen molar-refractivity contribution in [2.75, 3.05) is 18.5 Å². The number of ether oxygens (including phenoxy) is 1. The summed E-state index contributed by atoms with van der Waals surface area (Å²) in [5, 5.41) is 6.73. The van der Waals surface area contributed by atoms with Gasteiger partial charge < -0.3 is 15.4 Å². The molecule has 5 nitrogen and oxygen atoms in total. The fraction of sp³-hybridized carbons (Fsp3) is 0.667. The van der Waals surface area contributed by atoms with Crippen molar-refractivity contribution in [3.05, 3.63) is 16.0 Å². The Morgan fingerprint density at radius 3 is 2.79 bits per heavy atom. The predicted molar refractivity (Wildman–Crippen MR) is 97.8 cm³/mol. The van der Waals surface area contributed by atoms with Crippen molar-refractivity contribution in [1.82, 2.24) is 5.32 Å². The number of carbonyl (C=O) groups excluding carboxylic acids is 2. The Labute approximate surface area is 148 Å². The lowest BCUT2D eigenvalue weighted by Crippen LogP contribution is -2.34. The molecule has 0 unspecified atom stereocenters. The van der Waals surface area contributed by atoms with Crippen LogP contribution in [0.4, 0.5) is 5.00 Å². The summed E-state index contributed by atoms with van der Waals surface area (Å²) in [6, 6.07) is 0.290. The molecule has 0 fully saturated rings. The quantitative estimate of drug-likeness (QED) is 0.738. The highest BCUT2D eigenvalue weighted by Crippen LogP contribution is 2.40. The van der Waals surface area contributed by atoms with Gasteiger partial charge in [0.05, 0.1) is 18.7 Å². The minimum atomic E-state index is -0.324. The fourth-order valence-electron chi connectivity index (χ4n) is 2.84. The van der Waals surface area contributed by atoms with E-state index < -0.39 is 0 Å². The number of nitrogens with one attached hydrogen (secondary N) is 2. The van der Waals surface area contributed by atoms with Gasteiger partial charge in [0.15, 0.2) is 0 Å². The Morgan fingerprint density at radius 2 is 2.12 bits per heavy atom. The molecule has 2 N–H and O–H groups in total. The van der Waals surface area contributed by atoms with E-state index in [9.17, 15) is 9.59 Å². The SMILES string of the molecule is CCOC(=O)c1c(NC(=O)CN[C@H](C)CC)sc2c1CC[C@@H](C)C2. The zero-order chi connectivity index (χ0) is 17.7. The summed E-state index contributed by atoms with van der Waals surface area (Å²) in [4.78, 5) is 25.8. The first kappa shape index (κ1) is 18.9. The molecule has 0 aliphatic heterocycles. The third-order valence-electron chi connectivity index (χ3n) is 4.47. The van der Waals surface area contributed by atoms with Crippen LogP contribution >= 0.6 is 11.3 Å². The van der Waals surface area contributed by atoms with Crippen LogP contribution in [0.1, 0.15) is 61.3 Å². The summed E-state index contributed by atoms with van der Waals surface area (Å²) >= 11 is 1.53. The summed E-state index contributed by atoms with van der Waals surface area (Å²) in [6.07, 6.45) is 3.88. The van der Waals surface area contributed by atoms with Crippen LogP contribution in [0.15, 0.2) is 0 Å². The lowest BCUT2D eigenvalue weighted by Gasteiger charge is -2.18. The van der Waals surface area contributed by atoms with Gasteiger partial charge in [-0.3, -0.25) is 4.79 Å². The first-order valence-electron chi connectivity index (χ1n) is 8.81. The van der Waals surface area contributed by atoms with Crippen molar-refractivity contribution in [3.8, 4) is 0 Å². The molecule has 24 heavy (non-hydrogen) atoms. The molecule has 0 saturated carbocycles. The van der Waals surface area contributed by atoms with Gasteiger partial charge in [0, 0.05) is 10.9 Å². The Balaban J connectivity index is 2.18. The highest BCUT2D eigenvalue weighted by molar-refractivity contribution is 7.17. The number of anilines is 1. The summed E-state index contributed by atoms with van der Waals surface area (Å²) in [6.45, 7) is 8.72. The Bertz CT molecular complexity index is 597. The highest BCUT2D eigenvalue weighted by Gasteiger charge is 2.29. The van der Waals surface area contributed by atoms with Crippen LogP contribution in [-0.4, -0.2) is 31.1 Å². The van der Waals surface area contributed by atoms with Crippen molar-refractivity contribution in [3.63, 3.8) is 0 Å². The molecule has 1 aromatic heterocycles. The minimum Gasteiger partial charge on any atom is -0.462 e. The van der Waals surface area contributed by atoms with Gasteiger partial charge in [0.2, 0.25) is 5.91 Å². The maximum Gasteiger partial charge on any atom is 0.341 e. The molecule has 6 heteroatoms. The van der Waals surface area contributed by atoms with Crippen LogP contribution in [0.2, 0.25) is 0 Å². The summed E-state index contributed by atoms with van der Waals surface area (Å²) in [5.41, 5.74) is 1.64. The van der Waals surface area contributed by atoms with E-state index in [1.807, 2.05) is 6.92 Å². The third-order valence-corrected chi connectivity index (χ3v) is 5.64. The molecule has 1 aliphatic rings. The van der Waals surface area contributed by atoms with Crippen LogP contribution in [0, 0.1) is 5.92 Å². The molecule has 0 aromatic carbocycles. The minimum absolute atomic E-state index is 0.118. The molecule has 0 radical (unpaired) electrons. The third kappa shape index (κ3) is 4.57. The van der Waals surface area contributed by atoms with Crippen LogP contribution in [-0.2, 0) is 22.4 Å². The number of thiophene rings is 1. The van der Waals surface area contributed by atoms with Crippen molar-refractivity contribution in [2.24, 2.45) is 5.92 Å². The normalized spacial score (nSPS) is 17.9. The molecule has 2 atom stereocenters. The largest absolute Gasteiger partial charge is 0.462 e. The van der Waals surface area contributed by atoms with Gasteiger partial charge in [-0.2, -0.15) is 0 Å². The van der Waals surface area contributed by atoms with Gasteiger partial charge in [-0.15, -0.1) is 11.3 Å². The van der Waals surface area contributed by atoms with E-state index in [-0.39, 0.29) is 24.5 Å². The molecule has 0 bridgehead atoms. The first-order chi connectivity index (χ1) is 11.5. The molecule has 1 aliphatic carbocycles. The van der Waals surface area contributed by atoms with E-state index >= 15 is 0 Å². The van der Waals surface area contributed by atoms with Crippen molar-refractivity contribution < 1.29 is 14.3 Å². The number of fused-ring (bicyclic) bond motifs is 1. The maximum absolute atomic E-state index is 12.4. The molecule has 0 spiro atoms. The van der Waals surface area contributed by atoms with Crippen LogP contribution in [0.5, 0.6) is 0 Å². The summed E-state index contributed by atoms with van der Waals surface area (Å²) in [5.74, 6) is 0.170. The van der Waals surface area contributed by atoms with Crippen LogP contribution in [0.25, 0.3) is 0 Å². The van der Waals surface area contributed by atoms with E-state index in [2.05, 4.69) is 24.5 Å². The van der Waals surface area contributed by atoms with Crippen LogP contribution in [0.3, 0.4) is 0 Å². The second-order valence-electron chi connectivity index (χ2n) is 6.51. The fourth-order valence-corrected chi connectivity index (χ4v) is 4.26. The standard InChI is InChI=1S/C18H28N2O3S/c1-5-12(4)19-10-15(21)20-17-16(18(22)23-6-2)13-8-7-11(3)9-14(13)24-17/h11-12,19H,5-10H2,1-4H3,(H,20,21)/t11-,12-/m1/s1. The maximum atomic E-state index is 12.4. The van der Waals surface area contributed by atoms with Gasteiger partial charge in [-0.1, -0.05) is 13.8 Å². The number of carbonyl (C=O) groups is 2. The van der Waals surface area contributed by atoms with E-state index in [1.54, 1.807) is 6.92 Å². The second-order valence-corrected chi connectivity index (χ2v) is 7.62. The second kappa shape index (κ2) is 8.62. The number of esters is 1. The van der Waals surface area contributed by atoms with Crippen LogP contribution < -0.4 is 10.6 Å². The van der Waals surface area contributed by atoms with E-state index in [1.165, 1.54) is 16.2 Å². The van der Waals surface area contributed by atoms with Gasteiger partial charge in [0.25, 0.3) is 0 Å². The van der Waals surface area contributed by atoms with E-state index in [0.29, 0.717) is 23.1 Å². The smallest absolute Gasteiger partial charge is 0.341 e. The van der Waals surface area contributed by atoms with Gasteiger partial charge in [-0.05, 0) is 51.0 Å². The molecule has 0 saturated heterocycles. The zero-order valence-electron chi connectivity index (χ0n) is 15.0. The Kier molecular flexibility index (Phi) is 6.80. The molecular weight excluding hydrogens is 324 g/mol. The number of amides is 1. The van der Waals surface area contributed by atoms with Crippen molar-refractivity contribution in [2.45, 2.75) is 59.4 Å². The predicted octanol–water partition coefficient (Wildman–Crippen LogP) is 3.38. The molecule has 134 valence electrons. The molecule has 1 heterocycles. The van der Waals surface area contributed by atoms with E-state index in [0.717, 1.165) is 31.2 Å². The zero-order valence-corrected chi connectivity index (χ0v) is 15.8. The first-order valence-corrected chi connectivity index (χ1v) is 9.62. The van der Waals surface area contributed by atoms with Crippen molar-refractivity contribution in [1.29, 1.82) is 0 Å². The van der Waals surface area contributed by atoms with Gasteiger partial charge in [0.1, 0.15) is 5.00 Å². The molecular formula is C18H28N2O3S. The number of rotatable bonds is 7. The topological polar surface area (TPSA) is 67.4 Å². The Hall–Kier alpha value is -1.40. The average Bonchev–Trinajstić information content (AvgIpc) is 2.89. The highest BCUT2D eigenvalue weighted by atomic mass is 32.1. The molecule has 2 rings (SSSR count). The average molecular weight is 353 g/mol. The lowest BCUT2D eigenvalue weighted by molar-refractivity contribution is -0.115.